The van der Waals surface area contributed by atoms with E-state index >= 15 is 0 Å². The average molecular weight is 369 g/mol. The molecule has 2 bridgehead atoms. The molecule has 0 unspecified atom stereocenters. The molecule has 3 rings (SSSR count). The standard InChI is InChI=1S/C18H22F3N3O2/c1-22-16(25)10-24(17(26)14-8-13-5-6-15(14)23-13)9-11-3-2-4-12(7-11)18(19,20)21/h2-4,7,13-15,23H,5-6,8-10H2,1H3,(H,22,25)/t13-,14-,15+/m1/s1. The van der Waals surface area contributed by atoms with Gasteiger partial charge in [-0.15, -0.1) is 0 Å². The lowest BCUT2D eigenvalue weighted by molar-refractivity contribution is -0.140. The van der Waals surface area contributed by atoms with Crippen molar-refractivity contribution in [3.05, 3.63) is 35.4 Å². The lowest BCUT2D eigenvalue weighted by Gasteiger charge is -2.28. The Kier molecular flexibility index (Phi) is 5.22. The van der Waals surface area contributed by atoms with Crippen LogP contribution in [0.5, 0.6) is 0 Å². The lowest BCUT2D eigenvalue weighted by Crippen LogP contribution is -2.44. The third-order valence-electron chi connectivity index (χ3n) is 5.17. The zero-order chi connectivity index (χ0) is 18.9. The summed E-state index contributed by atoms with van der Waals surface area (Å²) in [5.74, 6) is -0.739. The molecule has 0 radical (unpaired) electrons. The third kappa shape index (κ3) is 4.00. The summed E-state index contributed by atoms with van der Waals surface area (Å²) in [5.41, 5.74) is -0.405. The molecular formula is C18H22F3N3O2. The van der Waals surface area contributed by atoms with E-state index in [-0.39, 0.29) is 36.9 Å². The van der Waals surface area contributed by atoms with Crippen molar-refractivity contribution < 1.29 is 22.8 Å². The van der Waals surface area contributed by atoms with Gasteiger partial charge in [0.1, 0.15) is 0 Å². The van der Waals surface area contributed by atoms with Gasteiger partial charge >= 0.3 is 6.18 Å². The van der Waals surface area contributed by atoms with E-state index < -0.39 is 11.7 Å². The van der Waals surface area contributed by atoms with Crippen LogP contribution in [-0.2, 0) is 22.3 Å². The molecule has 0 aliphatic carbocycles. The zero-order valence-electron chi connectivity index (χ0n) is 14.5. The minimum atomic E-state index is -4.44. The Morgan fingerprint density at radius 1 is 1.31 bits per heavy atom. The molecule has 1 aromatic rings. The van der Waals surface area contributed by atoms with Crippen LogP contribution in [0, 0.1) is 5.92 Å². The molecule has 2 saturated heterocycles. The van der Waals surface area contributed by atoms with Crippen LogP contribution in [0.15, 0.2) is 24.3 Å². The second-order valence-electron chi connectivity index (χ2n) is 6.96. The Morgan fingerprint density at radius 2 is 2.08 bits per heavy atom. The van der Waals surface area contributed by atoms with E-state index in [1.54, 1.807) is 6.07 Å². The third-order valence-corrected chi connectivity index (χ3v) is 5.17. The van der Waals surface area contributed by atoms with Crippen molar-refractivity contribution in [3.63, 3.8) is 0 Å². The Morgan fingerprint density at radius 3 is 2.65 bits per heavy atom. The molecule has 0 saturated carbocycles. The highest BCUT2D eigenvalue weighted by Gasteiger charge is 2.44. The molecule has 3 atom stereocenters. The summed E-state index contributed by atoms with van der Waals surface area (Å²) in [6.07, 6.45) is -1.77. The van der Waals surface area contributed by atoms with Gasteiger partial charge in [-0.3, -0.25) is 9.59 Å². The first-order chi connectivity index (χ1) is 12.3. The molecule has 0 aromatic heterocycles. The number of nitrogens with zero attached hydrogens (tertiary/aromatic N) is 1. The summed E-state index contributed by atoms with van der Waals surface area (Å²) in [6.45, 7) is -0.191. The Labute approximate surface area is 149 Å². The molecule has 8 heteroatoms. The Hall–Kier alpha value is -2.09. The van der Waals surface area contributed by atoms with Gasteiger partial charge < -0.3 is 15.5 Å². The van der Waals surface area contributed by atoms with Crippen LogP contribution in [0.1, 0.15) is 30.4 Å². The van der Waals surface area contributed by atoms with Gasteiger partial charge in [-0.2, -0.15) is 13.2 Å². The summed E-state index contributed by atoms with van der Waals surface area (Å²) in [6, 6.07) is 5.31. The first-order valence-corrected chi connectivity index (χ1v) is 8.69. The van der Waals surface area contributed by atoms with Gasteiger partial charge in [0, 0.05) is 25.7 Å². The van der Waals surface area contributed by atoms with Gasteiger partial charge in [-0.25, -0.2) is 0 Å². The second kappa shape index (κ2) is 7.26. The number of amides is 2. The minimum Gasteiger partial charge on any atom is -0.358 e. The number of nitrogens with one attached hydrogen (secondary N) is 2. The molecule has 0 spiro atoms. The zero-order valence-corrected chi connectivity index (χ0v) is 14.5. The normalized spacial score (nSPS) is 24.5. The molecule has 1 aromatic carbocycles. The van der Waals surface area contributed by atoms with E-state index in [4.69, 9.17) is 0 Å². The van der Waals surface area contributed by atoms with Gasteiger partial charge in [0.15, 0.2) is 0 Å². The number of hydrogen-bond acceptors (Lipinski definition) is 3. The molecule has 2 fully saturated rings. The van der Waals surface area contributed by atoms with E-state index in [1.807, 2.05) is 0 Å². The molecule has 142 valence electrons. The van der Waals surface area contributed by atoms with E-state index in [2.05, 4.69) is 10.6 Å². The molecule has 2 heterocycles. The summed E-state index contributed by atoms with van der Waals surface area (Å²) in [7, 11) is 1.47. The fourth-order valence-electron chi connectivity index (χ4n) is 3.86. The van der Waals surface area contributed by atoms with Crippen molar-refractivity contribution in [3.8, 4) is 0 Å². The lowest BCUT2D eigenvalue weighted by atomic mass is 9.88. The molecule has 26 heavy (non-hydrogen) atoms. The smallest absolute Gasteiger partial charge is 0.358 e. The molecule has 2 amide bonds. The number of carbonyl (C=O) groups excluding carboxylic acids is 2. The monoisotopic (exact) mass is 369 g/mol. The van der Waals surface area contributed by atoms with Gasteiger partial charge in [-0.05, 0) is 37.0 Å². The maximum atomic E-state index is 13.0. The maximum Gasteiger partial charge on any atom is 0.416 e. The number of alkyl halides is 3. The van der Waals surface area contributed by atoms with Crippen molar-refractivity contribution >= 4 is 11.8 Å². The fraction of sp³-hybridized carbons (Fsp3) is 0.556. The topological polar surface area (TPSA) is 61.4 Å². The summed E-state index contributed by atoms with van der Waals surface area (Å²) in [5, 5.41) is 5.84. The minimum absolute atomic E-state index is 0.0238. The van der Waals surface area contributed by atoms with Crippen LogP contribution in [0.2, 0.25) is 0 Å². The summed E-state index contributed by atoms with van der Waals surface area (Å²) in [4.78, 5) is 26.1. The van der Waals surface area contributed by atoms with Crippen LogP contribution in [-0.4, -0.2) is 42.4 Å². The highest BCUT2D eigenvalue weighted by Crippen LogP contribution is 2.35. The van der Waals surface area contributed by atoms with Gasteiger partial charge in [0.05, 0.1) is 18.0 Å². The van der Waals surface area contributed by atoms with E-state index in [1.165, 1.54) is 18.0 Å². The largest absolute Gasteiger partial charge is 0.416 e. The van der Waals surface area contributed by atoms with Crippen LogP contribution in [0.25, 0.3) is 0 Å². The number of rotatable bonds is 5. The summed E-state index contributed by atoms with van der Waals surface area (Å²) >= 11 is 0. The summed E-state index contributed by atoms with van der Waals surface area (Å²) < 4.78 is 38.8. The van der Waals surface area contributed by atoms with Crippen LogP contribution in [0.4, 0.5) is 13.2 Å². The van der Waals surface area contributed by atoms with Gasteiger partial charge in [0.2, 0.25) is 11.8 Å². The molecule has 5 nitrogen and oxygen atoms in total. The number of fused-ring (bicyclic) bond motifs is 2. The van der Waals surface area contributed by atoms with Crippen molar-refractivity contribution in [1.29, 1.82) is 0 Å². The first kappa shape index (κ1) is 18.7. The van der Waals surface area contributed by atoms with E-state index in [0.29, 0.717) is 11.6 Å². The van der Waals surface area contributed by atoms with E-state index in [0.717, 1.165) is 31.4 Å². The Balaban J connectivity index is 1.78. The molecular weight excluding hydrogens is 347 g/mol. The van der Waals surface area contributed by atoms with Gasteiger partial charge in [0.25, 0.3) is 0 Å². The van der Waals surface area contributed by atoms with E-state index in [9.17, 15) is 22.8 Å². The Bertz CT molecular complexity index is 693. The van der Waals surface area contributed by atoms with Crippen molar-refractivity contribution in [2.24, 2.45) is 5.92 Å². The average Bonchev–Trinajstić information content (AvgIpc) is 3.23. The van der Waals surface area contributed by atoms with Crippen LogP contribution in [0.3, 0.4) is 0 Å². The van der Waals surface area contributed by atoms with Crippen molar-refractivity contribution in [2.45, 2.75) is 44.1 Å². The fourth-order valence-corrected chi connectivity index (χ4v) is 3.86. The van der Waals surface area contributed by atoms with Crippen LogP contribution < -0.4 is 10.6 Å². The highest BCUT2D eigenvalue weighted by atomic mass is 19.4. The van der Waals surface area contributed by atoms with Crippen LogP contribution >= 0.6 is 0 Å². The first-order valence-electron chi connectivity index (χ1n) is 8.69. The molecule has 2 N–H and O–H groups in total. The quantitative estimate of drug-likeness (QED) is 0.834. The van der Waals surface area contributed by atoms with Crippen molar-refractivity contribution in [1.82, 2.24) is 15.5 Å². The number of halogens is 3. The number of likely N-dealkylation sites (N-methyl/N-ethyl adjacent to an activating group) is 1. The van der Waals surface area contributed by atoms with Gasteiger partial charge in [-0.1, -0.05) is 12.1 Å². The second-order valence-corrected chi connectivity index (χ2v) is 6.96. The number of benzene rings is 1. The number of hydrogen-bond donors (Lipinski definition) is 2. The highest BCUT2D eigenvalue weighted by molar-refractivity contribution is 5.86. The van der Waals surface area contributed by atoms with Crippen molar-refractivity contribution in [2.75, 3.05) is 13.6 Å². The molecule has 2 aliphatic heterocycles. The SMILES string of the molecule is CNC(=O)CN(Cc1cccc(C(F)(F)F)c1)C(=O)[C@@H]1C[C@H]2CC[C@@H]1N2. The maximum absolute atomic E-state index is 13.0. The predicted molar refractivity (Wildman–Crippen MR) is 89.0 cm³/mol. The number of carbonyl (C=O) groups is 2. The molecule has 2 aliphatic rings. The predicted octanol–water partition coefficient (Wildman–Crippen LogP) is 1.92.